The van der Waals surface area contributed by atoms with E-state index in [0.29, 0.717) is 24.1 Å². The van der Waals surface area contributed by atoms with Gasteiger partial charge in [-0.1, -0.05) is 12.1 Å². The van der Waals surface area contributed by atoms with Crippen molar-refractivity contribution in [3.05, 3.63) is 54.6 Å². The maximum Gasteiger partial charge on any atom is 0.227 e. The zero-order chi connectivity index (χ0) is 17.5. The van der Waals surface area contributed by atoms with Crippen LogP contribution in [0, 0.1) is 0 Å². The van der Waals surface area contributed by atoms with Crippen LogP contribution in [0.5, 0.6) is 0 Å². The largest absolute Gasteiger partial charge is 0.467 e. The monoisotopic (exact) mass is 346 g/mol. The predicted molar refractivity (Wildman–Crippen MR) is 94.3 cm³/mol. The molecule has 1 N–H and O–H groups in total. The van der Waals surface area contributed by atoms with Gasteiger partial charge in [-0.05, 0) is 34.7 Å². The number of fused-ring (bicyclic) bond motifs is 5. The van der Waals surface area contributed by atoms with E-state index < -0.39 is 0 Å². The normalized spacial score (nSPS) is 11.7. The number of tetrazole rings is 1. The topological polar surface area (TPSA) is 97.8 Å². The molecule has 0 unspecified atom stereocenters. The molecule has 9 nitrogen and oxygen atoms in total. The zero-order valence-corrected chi connectivity index (χ0v) is 13.9. The van der Waals surface area contributed by atoms with Gasteiger partial charge in [0.1, 0.15) is 11.6 Å². The molecule has 0 radical (unpaired) electrons. The average Bonchev–Trinajstić information content (AvgIpc) is 3.32. The third kappa shape index (κ3) is 2.29. The fourth-order valence-electron chi connectivity index (χ4n) is 2.93. The van der Waals surface area contributed by atoms with Gasteiger partial charge in [0.25, 0.3) is 0 Å². The Morgan fingerprint density at radius 2 is 2.12 bits per heavy atom. The highest BCUT2D eigenvalue weighted by atomic mass is 16.3. The molecule has 3 aromatic heterocycles. The van der Waals surface area contributed by atoms with Crippen molar-refractivity contribution >= 4 is 17.5 Å². The summed E-state index contributed by atoms with van der Waals surface area (Å²) >= 11 is 0. The molecule has 0 saturated heterocycles. The second kappa shape index (κ2) is 5.66. The second-order valence-electron chi connectivity index (χ2n) is 5.92. The molecule has 0 saturated carbocycles. The van der Waals surface area contributed by atoms with Gasteiger partial charge >= 0.3 is 0 Å². The Balaban J connectivity index is 1.59. The minimum Gasteiger partial charge on any atom is -0.467 e. The van der Waals surface area contributed by atoms with E-state index in [1.807, 2.05) is 48.3 Å². The average molecular weight is 346 g/mol. The molecule has 9 heteroatoms. The van der Waals surface area contributed by atoms with Gasteiger partial charge in [0.2, 0.25) is 5.95 Å². The Kier molecular flexibility index (Phi) is 3.17. The molecule has 1 aliphatic heterocycles. The molecule has 128 valence electrons. The molecule has 1 aromatic carbocycles. The van der Waals surface area contributed by atoms with Crippen molar-refractivity contribution in [2.75, 3.05) is 17.3 Å². The van der Waals surface area contributed by atoms with Gasteiger partial charge in [0.05, 0.1) is 29.7 Å². The molecule has 0 aliphatic carbocycles. The fraction of sp³-hybridized carbons (Fsp3) is 0.118. The van der Waals surface area contributed by atoms with Crippen LogP contribution in [0.4, 0.5) is 17.5 Å². The number of nitrogens with zero attached hydrogens (tertiary/aromatic N) is 7. The minimum absolute atomic E-state index is 0.570. The minimum atomic E-state index is 0.570. The fourth-order valence-corrected chi connectivity index (χ4v) is 2.93. The Bertz CT molecular complexity index is 1070. The second-order valence-corrected chi connectivity index (χ2v) is 5.92. The third-order valence-electron chi connectivity index (χ3n) is 4.19. The van der Waals surface area contributed by atoms with Gasteiger partial charge < -0.3 is 14.6 Å². The summed E-state index contributed by atoms with van der Waals surface area (Å²) in [5, 5.41) is 15.4. The third-order valence-corrected chi connectivity index (χ3v) is 4.19. The molecule has 0 atom stereocenters. The van der Waals surface area contributed by atoms with Gasteiger partial charge in [-0.15, -0.1) is 5.10 Å². The number of nitrogens with one attached hydrogen (secondary N) is 1. The van der Waals surface area contributed by atoms with E-state index in [4.69, 9.17) is 4.42 Å². The lowest BCUT2D eigenvalue weighted by Crippen LogP contribution is -2.19. The molecule has 26 heavy (non-hydrogen) atoms. The molecular formula is C17H14N8O. The van der Waals surface area contributed by atoms with E-state index in [-0.39, 0.29) is 0 Å². The van der Waals surface area contributed by atoms with Gasteiger partial charge in [0.15, 0.2) is 5.82 Å². The van der Waals surface area contributed by atoms with Gasteiger partial charge in [-0.2, -0.15) is 9.67 Å². The Hall–Kier alpha value is -3.75. The summed E-state index contributed by atoms with van der Waals surface area (Å²) in [4.78, 5) is 11.1. The van der Waals surface area contributed by atoms with Crippen molar-refractivity contribution in [1.29, 1.82) is 0 Å². The van der Waals surface area contributed by atoms with Crippen LogP contribution in [-0.2, 0) is 6.54 Å². The van der Waals surface area contributed by atoms with Crippen LogP contribution in [0.1, 0.15) is 5.76 Å². The molecule has 0 amide bonds. The van der Waals surface area contributed by atoms with E-state index >= 15 is 0 Å². The highest BCUT2D eigenvalue weighted by Gasteiger charge is 2.23. The summed E-state index contributed by atoms with van der Waals surface area (Å²) < 4.78 is 7.08. The van der Waals surface area contributed by atoms with Crippen molar-refractivity contribution in [3.63, 3.8) is 0 Å². The standard InChI is InChI=1S/C17H14N8O/c1-24(10-11-5-4-8-26-11)17-18-9-12-15(20-17)19-13-6-2-3-7-14(13)25-16(12)21-22-23-25/h2-9H,10H2,1H3,(H,18,19,20). The Labute approximate surface area is 148 Å². The molecule has 4 aromatic rings. The summed E-state index contributed by atoms with van der Waals surface area (Å²) in [6.07, 6.45) is 3.39. The lowest BCUT2D eigenvalue weighted by Gasteiger charge is -2.17. The number of hydrogen-bond donors (Lipinski definition) is 1. The number of para-hydroxylation sites is 2. The van der Waals surface area contributed by atoms with Crippen molar-refractivity contribution in [2.45, 2.75) is 6.54 Å². The number of aromatic nitrogens is 6. The van der Waals surface area contributed by atoms with E-state index in [9.17, 15) is 0 Å². The van der Waals surface area contributed by atoms with E-state index in [0.717, 1.165) is 22.7 Å². The van der Waals surface area contributed by atoms with Crippen LogP contribution < -0.4 is 10.2 Å². The maximum absolute atomic E-state index is 5.40. The summed E-state index contributed by atoms with van der Waals surface area (Å²) in [7, 11) is 1.92. The quantitative estimate of drug-likeness (QED) is 0.532. The summed E-state index contributed by atoms with van der Waals surface area (Å²) in [5.41, 5.74) is 2.47. The number of benzene rings is 1. The first-order valence-corrected chi connectivity index (χ1v) is 8.05. The predicted octanol–water partition coefficient (Wildman–Crippen LogP) is 2.41. The number of furan rings is 1. The maximum atomic E-state index is 5.40. The lowest BCUT2D eigenvalue weighted by atomic mass is 10.2. The van der Waals surface area contributed by atoms with E-state index in [1.54, 1.807) is 17.1 Å². The summed E-state index contributed by atoms with van der Waals surface area (Å²) in [6.45, 7) is 0.570. The molecule has 4 heterocycles. The Morgan fingerprint density at radius 3 is 3.00 bits per heavy atom. The van der Waals surface area contributed by atoms with Gasteiger partial charge in [-0.3, -0.25) is 0 Å². The molecule has 0 spiro atoms. The lowest BCUT2D eigenvalue weighted by molar-refractivity contribution is 0.506. The van der Waals surface area contributed by atoms with Gasteiger partial charge in [-0.25, -0.2) is 4.98 Å². The first kappa shape index (κ1) is 14.6. The SMILES string of the molecule is CN(Cc1ccco1)c1ncc2c(n1)Nc1ccccc1-n1nnnc1-2. The Morgan fingerprint density at radius 1 is 1.19 bits per heavy atom. The highest BCUT2D eigenvalue weighted by molar-refractivity contribution is 5.81. The number of rotatable bonds is 3. The van der Waals surface area contributed by atoms with Crippen molar-refractivity contribution in [2.24, 2.45) is 0 Å². The highest BCUT2D eigenvalue weighted by Crippen LogP contribution is 2.35. The number of anilines is 3. The number of hydrogen-bond acceptors (Lipinski definition) is 8. The van der Waals surface area contributed by atoms with Crippen LogP contribution in [0.15, 0.2) is 53.3 Å². The summed E-state index contributed by atoms with van der Waals surface area (Å²) in [6, 6.07) is 11.6. The van der Waals surface area contributed by atoms with Crippen molar-refractivity contribution in [3.8, 4) is 17.1 Å². The molecule has 0 fully saturated rings. The van der Waals surface area contributed by atoms with Crippen LogP contribution in [0.25, 0.3) is 17.1 Å². The summed E-state index contributed by atoms with van der Waals surface area (Å²) in [5.74, 6) is 2.67. The van der Waals surface area contributed by atoms with Crippen LogP contribution >= 0.6 is 0 Å². The van der Waals surface area contributed by atoms with E-state index in [2.05, 4.69) is 30.8 Å². The zero-order valence-electron chi connectivity index (χ0n) is 13.9. The molecular weight excluding hydrogens is 332 g/mol. The van der Waals surface area contributed by atoms with Crippen LogP contribution in [-0.4, -0.2) is 37.2 Å². The van der Waals surface area contributed by atoms with Crippen molar-refractivity contribution in [1.82, 2.24) is 30.2 Å². The first-order chi connectivity index (χ1) is 12.8. The molecule has 1 aliphatic rings. The van der Waals surface area contributed by atoms with Crippen molar-refractivity contribution < 1.29 is 4.42 Å². The van der Waals surface area contributed by atoms with Crippen LogP contribution in [0.3, 0.4) is 0 Å². The molecule has 0 bridgehead atoms. The molecule has 5 rings (SSSR count). The first-order valence-electron chi connectivity index (χ1n) is 8.05. The van der Waals surface area contributed by atoms with Crippen LogP contribution in [0.2, 0.25) is 0 Å². The van der Waals surface area contributed by atoms with E-state index in [1.165, 1.54) is 0 Å². The smallest absolute Gasteiger partial charge is 0.227 e. The van der Waals surface area contributed by atoms with Gasteiger partial charge in [0, 0.05) is 13.2 Å².